The lowest BCUT2D eigenvalue weighted by Crippen LogP contribution is -2.20. The molecule has 0 bridgehead atoms. The monoisotopic (exact) mass is 319 g/mol. The van der Waals surface area contributed by atoms with Gasteiger partial charge in [0.1, 0.15) is 5.75 Å². The average molecular weight is 320 g/mol. The maximum atomic E-state index is 11.8. The molecule has 0 fully saturated rings. The van der Waals surface area contributed by atoms with E-state index in [1.165, 1.54) is 0 Å². The Morgan fingerprint density at radius 1 is 1.21 bits per heavy atom. The fourth-order valence-electron chi connectivity index (χ4n) is 1.62. The lowest BCUT2D eigenvalue weighted by molar-refractivity contribution is -0.118. The van der Waals surface area contributed by atoms with E-state index in [2.05, 4.69) is 21.2 Å². The number of carbonyl (C=O) groups excluding carboxylic acids is 1. The Kier molecular flexibility index (Phi) is 4.58. The van der Waals surface area contributed by atoms with Gasteiger partial charge >= 0.3 is 0 Å². The minimum absolute atomic E-state index is 0.0173. The second-order valence-electron chi connectivity index (χ2n) is 4.14. The maximum Gasteiger partial charge on any atom is 0.262 e. The lowest BCUT2D eigenvalue weighted by atomic mass is 10.2. The van der Waals surface area contributed by atoms with Crippen LogP contribution < -0.4 is 10.1 Å². The Morgan fingerprint density at radius 3 is 2.74 bits per heavy atom. The second kappa shape index (κ2) is 6.38. The van der Waals surface area contributed by atoms with E-state index >= 15 is 0 Å². The zero-order chi connectivity index (χ0) is 13.7. The predicted molar refractivity (Wildman–Crippen MR) is 79.4 cm³/mol. The van der Waals surface area contributed by atoms with Crippen molar-refractivity contribution in [2.24, 2.45) is 0 Å². The van der Waals surface area contributed by atoms with Crippen molar-refractivity contribution < 1.29 is 9.53 Å². The van der Waals surface area contributed by atoms with Crippen LogP contribution in [0.25, 0.3) is 0 Å². The number of para-hydroxylation sites is 1. The van der Waals surface area contributed by atoms with E-state index in [-0.39, 0.29) is 12.5 Å². The van der Waals surface area contributed by atoms with E-state index in [1.807, 2.05) is 55.5 Å². The molecular formula is C15H14BrNO2. The third-order valence-electron chi connectivity index (χ3n) is 2.50. The van der Waals surface area contributed by atoms with Crippen LogP contribution in [-0.4, -0.2) is 12.5 Å². The van der Waals surface area contributed by atoms with Crippen LogP contribution in [0.4, 0.5) is 5.69 Å². The molecule has 2 aromatic carbocycles. The van der Waals surface area contributed by atoms with Gasteiger partial charge in [0.2, 0.25) is 0 Å². The molecule has 0 aliphatic rings. The molecule has 0 spiro atoms. The van der Waals surface area contributed by atoms with E-state index in [0.29, 0.717) is 5.75 Å². The van der Waals surface area contributed by atoms with Crippen LogP contribution in [0.2, 0.25) is 0 Å². The van der Waals surface area contributed by atoms with Gasteiger partial charge in [-0.1, -0.05) is 24.3 Å². The Morgan fingerprint density at radius 2 is 2.00 bits per heavy atom. The summed E-state index contributed by atoms with van der Waals surface area (Å²) in [7, 11) is 0. The van der Waals surface area contributed by atoms with Gasteiger partial charge in [0.05, 0.1) is 4.47 Å². The van der Waals surface area contributed by atoms with Gasteiger partial charge in [-0.05, 0) is 52.7 Å². The number of halogens is 1. The quantitative estimate of drug-likeness (QED) is 0.931. The first-order chi connectivity index (χ1) is 9.15. The number of benzene rings is 2. The first kappa shape index (κ1) is 13.6. The van der Waals surface area contributed by atoms with Crippen molar-refractivity contribution in [2.75, 3.05) is 11.9 Å². The standard InChI is InChI=1S/C15H14BrNO2/c1-11-5-4-6-12(9-11)17-15(18)10-19-14-8-3-2-7-13(14)16/h2-9H,10H2,1H3,(H,17,18). The highest BCUT2D eigenvalue weighted by molar-refractivity contribution is 9.10. The molecule has 1 amide bonds. The van der Waals surface area contributed by atoms with Crippen molar-refractivity contribution in [1.82, 2.24) is 0 Å². The molecule has 19 heavy (non-hydrogen) atoms. The second-order valence-corrected chi connectivity index (χ2v) is 4.99. The van der Waals surface area contributed by atoms with E-state index < -0.39 is 0 Å². The molecule has 2 rings (SSSR count). The molecule has 4 heteroatoms. The number of anilines is 1. The van der Waals surface area contributed by atoms with Crippen LogP contribution in [0, 0.1) is 6.92 Å². The summed E-state index contributed by atoms with van der Waals surface area (Å²) in [5, 5.41) is 2.79. The summed E-state index contributed by atoms with van der Waals surface area (Å²) < 4.78 is 6.27. The van der Waals surface area contributed by atoms with E-state index in [1.54, 1.807) is 0 Å². The molecule has 0 saturated heterocycles. The number of aryl methyl sites for hydroxylation is 1. The van der Waals surface area contributed by atoms with Gasteiger partial charge in [-0.15, -0.1) is 0 Å². The highest BCUT2D eigenvalue weighted by Crippen LogP contribution is 2.23. The van der Waals surface area contributed by atoms with Crippen molar-refractivity contribution in [2.45, 2.75) is 6.92 Å². The molecule has 0 heterocycles. The van der Waals surface area contributed by atoms with Gasteiger partial charge < -0.3 is 10.1 Å². The molecule has 98 valence electrons. The van der Waals surface area contributed by atoms with Crippen LogP contribution in [0.3, 0.4) is 0 Å². The van der Waals surface area contributed by atoms with Crippen LogP contribution in [-0.2, 0) is 4.79 Å². The van der Waals surface area contributed by atoms with Crippen LogP contribution in [0.1, 0.15) is 5.56 Å². The number of hydrogen-bond acceptors (Lipinski definition) is 2. The summed E-state index contributed by atoms with van der Waals surface area (Å²) in [6.45, 7) is 1.96. The molecule has 0 atom stereocenters. The predicted octanol–water partition coefficient (Wildman–Crippen LogP) is 3.78. The summed E-state index contributed by atoms with van der Waals surface area (Å²) in [4.78, 5) is 11.8. The van der Waals surface area contributed by atoms with Gasteiger partial charge in [0.15, 0.2) is 6.61 Å². The van der Waals surface area contributed by atoms with Gasteiger partial charge in [0.25, 0.3) is 5.91 Å². The summed E-state index contributed by atoms with van der Waals surface area (Å²) >= 11 is 3.37. The first-order valence-corrected chi connectivity index (χ1v) is 6.68. The van der Waals surface area contributed by atoms with Gasteiger partial charge in [-0.3, -0.25) is 4.79 Å². The average Bonchev–Trinajstić information content (AvgIpc) is 2.38. The third-order valence-corrected chi connectivity index (χ3v) is 3.15. The van der Waals surface area contributed by atoms with Crippen molar-refractivity contribution in [3.8, 4) is 5.75 Å². The lowest BCUT2D eigenvalue weighted by Gasteiger charge is -2.09. The summed E-state index contributed by atoms with van der Waals surface area (Å²) in [6, 6.07) is 15.1. The Bertz CT molecular complexity index is 584. The summed E-state index contributed by atoms with van der Waals surface area (Å²) in [6.07, 6.45) is 0. The molecular weight excluding hydrogens is 306 g/mol. The number of nitrogens with one attached hydrogen (secondary N) is 1. The van der Waals surface area contributed by atoms with Crippen molar-refractivity contribution in [3.05, 3.63) is 58.6 Å². The van der Waals surface area contributed by atoms with Crippen molar-refractivity contribution in [1.29, 1.82) is 0 Å². The summed E-state index contributed by atoms with van der Waals surface area (Å²) in [5.74, 6) is 0.475. The number of amides is 1. The molecule has 0 radical (unpaired) electrons. The van der Waals surface area contributed by atoms with Crippen molar-refractivity contribution in [3.63, 3.8) is 0 Å². The molecule has 0 aliphatic carbocycles. The minimum atomic E-state index is -0.179. The molecule has 0 aliphatic heterocycles. The molecule has 1 N–H and O–H groups in total. The fourth-order valence-corrected chi connectivity index (χ4v) is 2.02. The topological polar surface area (TPSA) is 38.3 Å². The van der Waals surface area contributed by atoms with E-state index in [0.717, 1.165) is 15.7 Å². The fraction of sp³-hybridized carbons (Fsp3) is 0.133. The van der Waals surface area contributed by atoms with E-state index in [4.69, 9.17) is 4.74 Å². The smallest absolute Gasteiger partial charge is 0.262 e. The zero-order valence-electron chi connectivity index (χ0n) is 10.5. The number of ether oxygens (including phenoxy) is 1. The highest BCUT2D eigenvalue weighted by Gasteiger charge is 2.05. The largest absolute Gasteiger partial charge is 0.483 e. The molecule has 3 nitrogen and oxygen atoms in total. The maximum absolute atomic E-state index is 11.8. The first-order valence-electron chi connectivity index (χ1n) is 5.89. The van der Waals surface area contributed by atoms with Crippen LogP contribution in [0.5, 0.6) is 5.75 Å². The Balaban J connectivity index is 1.90. The van der Waals surface area contributed by atoms with Gasteiger partial charge in [0, 0.05) is 5.69 Å². The number of rotatable bonds is 4. The minimum Gasteiger partial charge on any atom is -0.483 e. The summed E-state index contributed by atoms with van der Waals surface area (Å²) in [5.41, 5.74) is 1.88. The van der Waals surface area contributed by atoms with Gasteiger partial charge in [-0.2, -0.15) is 0 Å². The van der Waals surface area contributed by atoms with Crippen LogP contribution in [0.15, 0.2) is 53.0 Å². The zero-order valence-corrected chi connectivity index (χ0v) is 12.1. The SMILES string of the molecule is Cc1cccc(NC(=O)COc2ccccc2Br)c1. The Labute approximate surface area is 120 Å². The molecule has 2 aromatic rings. The van der Waals surface area contributed by atoms with E-state index in [9.17, 15) is 4.79 Å². The van der Waals surface area contributed by atoms with Gasteiger partial charge in [-0.25, -0.2) is 0 Å². The molecule has 0 unspecified atom stereocenters. The number of carbonyl (C=O) groups is 1. The molecule has 0 saturated carbocycles. The van der Waals surface area contributed by atoms with Crippen LogP contribution >= 0.6 is 15.9 Å². The highest BCUT2D eigenvalue weighted by atomic mass is 79.9. The number of hydrogen-bond donors (Lipinski definition) is 1. The normalized spacial score (nSPS) is 10.0. The van der Waals surface area contributed by atoms with Crippen molar-refractivity contribution >= 4 is 27.5 Å². The Hall–Kier alpha value is -1.81. The third kappa shape index (κ3) is 4.10. The molecule has 0 aromatic heterocycles.